The van der Waals surface area contributed by atoms with Gasteiger partial charge in [0, 0.05) is 11.6 Å². The van der Waals surface area contributed by atoms with Crippen molar-refractivity contribution in [2.75, 3.05) is 7.11 Å². The molecule has 2 N–H and O–H groups in total. The van der Waals surface area contributed by atoms with Crippen molar-refractivity contribution >= 4 is 18.0 Å². The lowest BCUT2D eigenvalue weighted by Gasteiger charge is -2.22. The van der Waals surface area contributed by atoms with Crippen LogP contribution in [0.5, 0.6) is 11.5 Å². The van der Waals surface area contributed by atoms with Gasteiger partial charge in [-0.15, -0.1) is 0 Å². The highest BCUT2D eigenvalue weighted by Crippen LogP contribution is 2.33. The van der Waals surface area contributed by atoms with E-state index in [0.29, 0.717) is 11.3 Å². The highest BCUT2D eigenvalue weighted by Gasteiger charge is 2.21. The number of nitriles is 1. The van der Waals surface area contributed by atoms with Gasteiger partial charge in [0.1, 0.15) is 11.6 Å². The Morgan fingerprint density at radius 1 is 1.33 bits per heavy atom. The number of amides is 1. The molecule has 1 aromatic carbocycles. The number of aliphatic carboxylic acids is 1. The number of carbonyl (C=O) groups is 2. The lowest BCUT2D eigenvalue weighted by molar-refractivity contribution is -0.144. The topological polar surface area (TPSA) is 109 Å². The van der Waals surface area contributed by atoms with Crippen LogP contribution in [-0.4, -0.2) is 36.2 Å². The molecule has 0 bridgehead atoms. The van der Waals surface area contributed by atoms with Crippen LogP contribution in [0.25, 0.3) is 6.08 Å². The summed E-state index contributed by atoms with van der Waals surface area (Å²) >= 11 is 0. The first-order chi connectivity index (χ1) is 13.0. The van der Waals surface area contributed by atoms with Crippen molar-refractivity contribution in [3.05, 3.63) is 29.3 Å². The molecule has 1 aromatic rings. The summed E-state index contributed by atoms with van der Waals surface area (Å²) in [6, 6.07) is 6.93. The molecule has 0 aliphatic heterocycles. The highest BCUT2D eigenvalue weighted by atomic mass is 16.5. The predicted molar refractivity (Wildman–Crippen MR) is 99.3 cm³/mol. The van der Waals surface area contributed by atoms with E-state index in [1.54, 1.807) is 18.2 Å². The zero-order valence-electron chi connectivity index (χ0n) is 15.5. The number of benzene rings is 1. The van der Waals surface area contributed by atoms with E-state index in [0.717, 1.165) is 25.7 Å². The van der Waals surface area contributed by atoms with Gasteiger partial charge in [-0.3, -0.25) is 4.79 Å². The second-order valence-corrected chi connectivity index (χ2v) is 6.46. The second-order valence-electron chi connectivity index (χ2n) is 6.46. The Labute approximate surface area is 158 Å². The van der Waals surface area contributed by atoms with E-state index in [9.17, 15) is 14.9 Å². The Hall–Kier alpha value is -3.01. The SMILES string of the molecule is COc1cccc(/C=C(/C#N)C(=O)NC2CCCCC2)c1O[C@@H](C)C(=O)O. The monoisotopic (exact) mass is 372 g/mol. The third-order valence-electron chi connectivity index (χ3n) is 4.48. The number of carboxylic acid groups (broad SMARTS) is 1. The van der Waals surface area contributed by atoms with Crippen LogP contribution < -0.4 is 14.8 Å². The van der Waals surface area contributed by atoms with Gasteiger partial charge < -0.3 is 19.9 Å². The number of rotatable bonds is 7. The molecule has 1 aliphatic carbocycles. The van der Waals surface area contributed by atoms with Crippen LogP contribution in [0.1, 0.15) is 44.6 Å². The zero-order valence-corrected chi connectivity index (χ0v) is 15.5. The smallest absolute Gasteiger partial charge is 0.344 e. The lowest BCUT2D eigenvalue weighted by Crippen LogP contribution is -2.36. The minimum absolute atomic E-state index is 0.0679. The molecule has 27 heavy (non-hydrogen) atoms. The average molecular weight is 372 g/mol. The predicted octanol–water partition coefficient (Wildman–Crippen LogP) is 2.90. The average Bonchev–Trinajstić information content (AvgIpc) is 2.67. The molecular weight excluding hydrogens is 348 g/mol. The van der Waals surface area contributed by atoms with Crippen LogP contribution in [0.15, 0.2) is 23.8 Å². The van der Waals surface area contributed by atoms with E-state index >= 15 is 0 Å². The standard InChI is InChI=1S/C20H24N2O5/c1-13(20(24)25)27-18-14(7-6-10-17(18)26-2)11-15(12-21)19(23)22-16-8-4-3-5-9-16/h6-7,10-11,13,16H,3-5,8-9H2,1-2H3,(H,22,23)(H,24,25)/b15-11-/t13-/m0/s1. The Morgan fingerprint density at radius 3 is 2.63 bits per heavy atom. The maximum atomic E-state index is 12.5. The van der Waals surface area contributed by atoms with Crippen LogP contribution in [0, 0.1) is 11.3 Å². The summed E-state index contributed by atoms with van der Waals surface area (Å²) in [5.74, 6) is -1.08. The van der Waals surface area contributed by atoms with Crippen LogP contribution in [0.2, 0.25) is 0 Å². The van der Waals surface area contributed by atoms with Gasteiger partial charge in [0.2, 0.25) is 0 Å². The Balaban J connectivity index is 2.29. The minimum Gasteiger partial charge on any atom is -0.493 e. The van der Waals surface area contributed by atoms with Crippen LogP contribution >= 0.6 is 0 Å². The molecule has 144 valence electrons. The number of hydrogen-bond acceptors (Lipinski definition) is 5. The molecule has 0 radical (unpaired) electrons. The Morgan fingerprint density at radius 2 is 2.04 bits per heavy atom. The number of nitrogens with one attached hydrogen (secondary N) is 1. The lowest BCUT2D eigenvalue weighted by atomic mass is 9.95. The molecule has 0 unspecified atom stereocenters. The molecule has 0 spiro atoms. The van der Waals surface area contributed by atoms with Crippen LogP contribution in [0.3, 0.4) is 0 Å². The number of ether oxygens (including phenoxy) is 2. The number of nitrogens with zero attached hydrogens (tertiary/aromatic N) is 1. The number of carbonyl (C=O) groups excluding carboxylic acids is 1. The molecule has 0 aromatic heterocycles. The molecule has 1 aliphatic rings. The third kappa shape index (κ3) is 5.48. The number of hydrogen-bond donors (Lipinski definition) is 2. The van der Waals surface area contributed by atoms with Gasteiger partial charge in [-0.05, 0) is 31.9 Å². The van der Waals surface area contributed by atoms with Gasteiger partial charge in [-0.2, -0.15) is 5.26 Å². The first kappa shape index (κ1) is 20.3. The van der Waals surface area contributed by atoms with E-state index in [2.05, 4.69) is 5.32 Å². The van der Waals surface area contributed by atoms with E-state index in [4.69, 9.17) is 14.6 Å². The Kier molecular flexibility index (Phi) is 7.24. The fourth-order valence-corrected chi connectivity index (χ4v) is 2.97. The van der Waals surface area contributed by atoms with Crippen LogP contribution in [-0.2, 0) is 9.59 Å². The summed E-state index contributed by atoms with van der Waals surface area (Å²) in [6.45, 7) is 1.39. The quantitative estimate of drug-likeness (QED) is 0.563. The summed E-state index contributed by atoms with van der Waals surface area (Å²) < 4.78 is 10.7. The summed E-state index contributed by atoms with van der Waals surface area (Å²) in [7, 11) is 1.43. The van der Waals surface area contributed by atoms with Crippen molar-refractivity contribution in [3.63, 3.8) is 0 Å². The first-order valence-electron chi connectivity index (χ1n) is 8.95. The molecular formula is C20H24N2O5. The highest BCUT2D eigenvalue weighted by molar-refractivity contribution is 6.02. The molecule has 0 heterocycles. The van der Waals surface area contributed by atoms with Crippen molar-refractivity contribution in [2.24, 2.45) is 0 Å². The molecule has 2 rings (SSSR count). The molecule has 7 heteroatoms. The fraction of sp³-hybridized carbons (Fsp3) is 0.450. The zero-order chi connectivity index (χ0) is 19.8. The van der Waals surface area contributed by atoms with Gasteiger partial charge in [0.25, 0.3) is 5.91 Å². The summed E-state index contributed by atoms with van der Waals surface area (Å²) in [5.41, 5.74) is 0.333. The Bertz CT molecular complexity index is 760. The summed E-state index contributed by atoms with van der Waals surface area (Å²) in [5, 5.41) is 21.4. The van der Waals surface area contributed by atoms with Gasteiger partial charge >= 0.3 is 5.97 Å². The fourth-order valence-electron chi connectivity index (χ4n) is 2.97. The molecule has 1 fully saturated rings. The van der Waals surface area contributed by atoms with Gasteiger partial charge in [-0.25, -0.2) is 4.79 Å². The van der Waals surface area contributed by atoms with Crippen molar-refractivity contribution in [1.29, 1.82) is 5.26 Å². The minimum atomic E-state index is -1.13. The summed E-state index contributed by atoms with van der Waals surface area (Å²) in [6.07, 6.45) is 5.40. The van der Waals surface area contributed by atoms with Crippen molar-refractivity contribution in [2.45, 2.75) is 51.2 Å². The molecule has 1 atom stereocenters. The number of methoxy groups -OCH3 is 1. The largest absolute Gasteiger partial charge is 0.493 e. The summed E-state index contributed by atoms with van der Waals surface area (Å²) in [4.78, 5) is 23.6. The van der Waals surface area contributed by atoms with E-state index in [1.807, 2.05) is 6.07 Å². The van der Waals surface area contributed by atoms with Gasteiger partial charge in [-0.1, -0.05) is 31.4 Å². The molecule has 0 saturated heterocycles. The third-order valence-corrected chi connectivity index (χ3v) is 4.48. The van der Waals surface area contributed by atoms with Crippen molar-refractivity contribution in [3.8, 4) is 17.6 Å². The van der Waals surface area contributed by atoms with Gasteiger partial charge in [0.05, 0.1) is 7.11 Å². The number of carboxylic acids is 1. The number of para-hydroxylation sites is 1. The van der Waals surface area contributed by atoms with E-state index in [-0.39, 0.29) is 17.4 Å². The normalized spacial score (nSPS) is 16.1. The molecule has 1 saturated carbocycles. The molecule has 1 amide bonds. The molecule has 7 nitrogen and oxygen atoms in total. The maximum absolute atomic E-state index is 12.5. The maximum Gasteiger partial charge on any atom is 0.344 e. The van der Waals surface area contributed by atoms with E-state index in [1.165, 1.54) is 26.5 Å². The first-order valence-corrected chi connectivity index (χ1v) is 8.95. The van der Waals surface area contributed by atoms with Crippen molar-refractivity contribution < 1.29 is 24.2 Å². The second kappa shape index (κ2) is 9.62. The van der Waals surface area contributed by atoms with Crippen LogP contribution in [0.4, 0.5) is 0 Å². The van der Waals surface area contributed by atoms with Gasteiger partial charge in [0.15, 0.2) is 17.6 Å². The van der Waals surface area contributed by atoms with Crippen molar-refractivity contribution in [1.82, 2.24) is 5.32 Å². The van der Waals surface area contributed by atoms with E-state index < -0.39 is 18.0 Å².